The van der Waals surface area contributed by atoms with Crippen molar-refractivity contribution in [2.24, 2.45) is 5.92 Å². The third kappa shape index (κ3) is 5.09. The van der Waals surface area contributed by atoms with Crippen molar-refractivity contribution >= 4 is 31.9 Å². The van der Waals surface area contributed by atoms with Crippen molar-refractivity contribution in [3.63, 3.8) is 0 Å². The smallest absolute Gasteiger partial charge is 0.463 e. The zero-order chi connectivity index (χ0) is 17.1. The van der Waals surface area contributed by atoms with Crippen molar-refractivity contribution in [1.29, 1.82) is 0 Å². The fourth-order valence-electron chi connectivity index (χ4n) is 1.44. The van der Waals surface area contributed by atoms with Crippen LogP contribution >= 0.6 is 15.9 Å². The molecule has 1 aliphatic carbocycles. The van der Waals surface area contributed by atoms with E-state index in [2.05, 4.69) is 15.9 Å². The highest BCUT2D eigenvalue weighted by molar-refractivity contribution is 9.11. The molecule has 5 radical (unpaired) electrons. The predicted octanol–water partition coefficient (Wildman–Crippen LogP) is 2.12. The van der Waals surface area contributed by atoms with E-state index in [0.717, 1.165) is 0 Å². The normalized spacial score (nSPS) is 19.6. The van der Waals surface area contributed by atoms with Gasteiger partial charge in [-0.1, -0.05) is 29.8 Å². The number of carbonyl (C=O) groups excluding carboxylic acids is 1. The van der Waals surface area contributed by atoms with Gasteiger partial charge in [-0.15, -0.1) is 0 Å². The highest BCUT2D eigenvalue weighted by Gasteiger charge is 2.47. The Balaban J connectivity index is 2.64. The van der Waals surface area contributed by atoms with Crippen LogP contribution < -0.4 is 4.72 Å². The number of halogens is 4. The summed E-state index contributed by atoms with van der Waals surface area (Å²) in [5.74, 6) is -1.05. The van der Waals surface area contributed by atoms with Gasteiger partial charge in [0.15, 0.2) is 0 Å². The first-order chi connectivity index (χ1) is 9.95. The number of nitrogens with one attached hydrogen (secondary N) is 1. The Labute approximate surface area is 136 Å². The maximum atomic E-state index is 12.4. The number of rotatable bonds is 6. The molecule has 0 bridgehead atoms. The molecule has 1 N–H and O–H groups in total. The second-order valence-electron chi connectivity index (χ2n) is 4.80. The number of hydrogen-bond acceptors (Lipinski definition) is 4. The summed E-state index contributed by atoms with van der Waals surface area (Å²) in [6, 6.07) is -1.19. The molecule has 0 aromatic rings. The van der Waals surface area contributed by atoms with E-state index in [1.807, 2.05) is 0 Å². The lowest BCUT2D eigenvalue weighted by molar-refractivity contribution is -0.141. The van der Waals surface area contributed by atoms with Gasteiger partial charge >= 0.3 is 21.5 Å². The molecule has 1 rings (SSSR count). The van der Waals surface area contributed by atoms with Gasteiger partial charge < -0.3 is 4.74 Å². The first-order valence-corrected chi connectivity index (χ1v) is 8.40. The van der Waals surface area contributed by atoms with Crippen molar-refractivity contribution in [3.8, 4) is 0 Å². The quantitative estimate of drug-likeness (QED) is 0.688. The largest absolute Gasteiger partial charge is 0.511 e. The predicted molar refractivity (Wildman–Crippen MR) is 76.0 cm³/mol. The number of sulfonamides is 1. The van der Waals surface area contributed by atoms with Crippen LogP contribution in [0.5, 0.6) is 0 Å². The Morgan fingerprint density at radius 1 is 1.36 bits per heavy atom. The van der Waals surface area contributed by atoms with E-state index in [9.17, 15) is 26.4 Å². The van der Waals surface area contributed by atoms with E-state index in [0.29, 0.717) is 4.83 Å². The van der Waals surface area contributed by atoms with E-state index in [1.54, 1.807) is 12.8 Å². The Bertz CT molecular complexity index is 495. The minimum atomic E-state index is -5.50. The second kappa shape index (κ2) is 7.48. The summed E-state index contributed by atoms with van der Waals surface area (Å²) in [5, 5.41) is 0. The molecule has 10 heteroatoms. The second-order valence-corrected chi connectivity index (χ2v) is 7.36. The lowest BCUT2D eigenvalue weighted by Gasteiger charge is -2.23. The van der Waals surface area contributed by atoms with Crippen LogP contribution in [0.15, 0.2) is 0 Å². The van der Waals surface area contributed by atoms with Gasteiger partial charge in [0.2, 0.25) is 0 Å². The maximum absolute atomic E-state index is 12.4. The van der Waals surface area contributed by atoms with Crippen LogP contribution in [0.4, 0.5) is 13.2 Å². The van der Waals surface area contributed by atoms with E-state index >= 15 is 0 Å². The minimum absolute atomic E-state index is 0.209. The van der Waals surface area contributed by atoms with Crippen molar-refractivity contribution in [1.82, 2.24) is 4.72 Å². The molecule has 22 heavy (non-hydrogen) atoms. The van der Waals surface area contributed by atoms with Crippen LogP contribution in [0.2, 0.25) is 0 Å². The number of hydrogen-bond donors (Lipinski definition) is 1. The molecule has 5 nitrogen and oxygen atoms in total. The first-order valence-electron chi connectivity index (χ1n) is 6.12. The third-order valence-electron chi connectivity index (χ3n) is 2.79. The summed E-state index contributed by atoms with van der Waals surface area (Å²) in [7, 11) is -5.50. The van der Waals surface area contributed by atoms with E-state index in [4.69, 9.17) is 4.74 Å². The van der Waals surface area contributed by atoms with Crippen molar-refractivity contribution in [2.45, 2.75) is 25.4 Å². The fourth-order valence-corrected chi connectivity index (χ4v) is 2.75. The van der Waals surface area contributed by atoms with Gasteiger partial charge in [0, 0.05) is 0 Å². The average molecular weight is 405 g/mol. The number of ether oxygens (including phenoxy) is 1. The van der Waals surface area contributed by atoms with Gasteiger partial charge in [0.05, 0.1) is 10.9 Å². The van der Waals surface area contributed by atoms with Gasteiger partial charge in [-0.2, -0.15) is 13.2 Å². The zero-order valence-corrected chi connectivity index (χ0v) is 14.0. The van der Waals surface area contributed by atoms with Crippen LogP contribution in [0.25, 0.3) is 0 Å². The molecular weight excluding hydrogens is 391 g/mol. The molecule has 1 saturated carbocycles. The lowest BCUT2D eigenvalue weighted by atomic mass is 10.1. The summed E-state index contributed by atoms with van der Waals surface area (Å²) < 4.78 is 65.7. The van der Waals surface area contributed by atoms with Crippen LogP contribution in [0.3, 0.4) is 0 Å². The van der Waals surface area contributed by atoms with Crippen molar-refractivity contribution < 1.29 is 31.1 Å². The summed E-state index contributed by atoms with van der Waals surface area (Å²) in [5.41, 5.74) is -5.42. The number of esters is 1. The van der Waals surface area contributed by atoms with E-state index in [-0.39, 0.29) is 5.92 Å². The summed E-state index contributed by atoms with van der Waals surface area (Å²) >= 11 is 3.12. The van der Waals surface area contributed by atoms with Gasteiger partial charge in [-0.25, -0.2) is 13.1 Å². The van der Waals surface area contributed by atoms with Crippen LogP contribution in [-0.4, -0.2) is 32.5 Å². The van der Waals surface area contributed by atoms with Crippen LogP contribution in [-0.2, 0) is 19.6 Å². The molecule has 0 aliphatic heterocycles. The SMILES string of the molecule is CC(C)[C@@H](COC(=O)[C]1[CH][CH][CH][C]1Br)NS(=O)(=O)C(F)(F)F. The molecule has 0 aromatic heterocycles. The van der Waals surface area contributed by atoms with Crippen LogP contribution in [0, 0.1) is 35.9 Å². The molecule has 0 aromatic carbocycles. The molecule has 0 spiro atoms. The van der Waals surface area contributed by atoms with Gasteiger partial charge in [0.1, 0.15) is 12.5 Å². The summed E-state index contributed by atoms with van der Waals surface area (Å²) in [6.45, 7) is 2.51. The van der Waals surface area contributed by atoms with E-state index in [1.165, 1.54) is 25.0 Å². The Hall–Kier alpha value is -0.350. The molecule has 1 fully saturated rings. The van der Waals surface area contributed by atoms with Crippen molar-refractivity contribution in [3.05, 3.63) is 30.0 Å². The number of alkyl halides is 3. The van der Waals surface area contributed by atoms with E-state index < -0.39 is 40.1 Å². The molecule has 0 unspecified atom stereocenters. The summed E-state index contributed by atoms with van der Waals surface area (Å²) in [6.07, 6.45) is 4.66. The third-order valence-corrected chi connectivity index (χ3v) is 4.71. The highest BCUT2D eigenvalue weighted by atomic mass is 79.9. The monoisotopic (exact) mass is 404 g/mol. The standard InChI is InChI=1S/C12H14BrF3NO4S/c1-7(2)10(17-22(19,20)12(14,15)16)6-21-11(18)8-4-3-5-9(8)13/h3-5,7,10,17H,6H2,1-2H3/t10-/m1/s1. The molecular formula is C12H14BrF3NO4S. The van der Waals surface area contributed by atoms with Gasteiger partial charge in [-0.05, 0) is 25.2 Å². The molecule has 0 amide bonds. The molecule has 1 aliphatic rings. The minimum Gasteiger partial charge on any atom is -0.463 e. The highest BCUT2D eigenvalue weighted by Crippen LogP contribution is 2.38. The fraction of sp³-hybridized carbons (Fsp3) is 0.500. The van der Waals surface area contributed by atoms with Crippen LogP contribution in [0.1, 0.15) is 13.8 Å². The maximum Gasteiger partial charge on any atom is 0.511 e. The first kappa shape index (κ1) is 19.7. The molecule has 0 saturated heterocycles. The Kier molecular flexibility index (Phi) is 6.70. The Morgan fingerprint density at radius 3 is 2.36 bits per heavy atom. The molecule has 125 valence electrons. The van der Waals surface area contributed by atoms with Gasteiger partial charge in [-0.3, -0.25) is 4.79 Å². The Morgan fingerprint density at radius 2 is 1.95 bits per heavy atom. The summed E-state index contributed by atoms with van der Waals surface area (Å²) in [4.78, 5) is 12.2. The van der Waals surface area contributed by atoms with Gasteiger partial charge in [0.25, 0.3) is 0 Å². The molecule has 0 heterocycles. The zero-order valence-electron chi connectivity index (χ0n) is 11.6. The van der Waals surface area contributed by atoms with Crippen molar-refractivity contribution in [2.75, 3.05) is 6.61 Å². The average Bonchev–Trinajstić information content (AvgIpc) is 2.78. The topological polar surface area (TPSA) is 72.5 Å². The molecule has 1 atom stereocenters. The number of carbonyl (C=O) groups is 1. The lowest BCUT2D eigenvalue weighted by Crippen LogP contribution is -2.47.